The molecule has 1 unspecified atom stereocenters. The van der Waals surface area contributed by atoms with Crippen LogP contribution in [0, 0.1) is 17.2 Å². The number of nitrogens with one attached hydrogen (secondary N) is 2. The molecule has 0 bridgehead atoms. The number of nitrogens with zero attached hydrogens (tertiary/aromatic N) is 1. The van der Waals surface area contributed by atoms with Crippen molar-refractivity contribution in [2.75, 3.05) is 7.05 Å². The molecule has 0 saturated heterocycles. The predicted octanol–water partition coefficient (Wildman–Crippen LogP) is 3.07. The summed E-state index contributed by atoms with van der Waals surface area (Å²) in [5.74, 6) is 1.94. The number of rotatable bonds is 8. The highest BCUT2D eigenvalue weighted by molar-refractivity contribution is 5.82. The van der Waals surface area contributed by atoms with Gasteiger partial charge in [-0.15, -0.1) is 6.58 Å². The molecule has 4 N–H and O–H groups in total. The van der Waals surface area contributed by atoms with E-state index in [2.05, 4.69) is 30.7 Å². The first-order valence-electron chi connectivity index (χ1n) is 6.80. The number of hydrogen-bond donors (Lipinski definition) is 3. The highest BCUT2D eigenvalue weighted by Crippen LogP contribution is 2.21. The van der Waals surface area contributed by atoms with E-state index in [1.807, 2.05) is 20.0 Å². The lowest BCUT2D eigenvalue weighted by atomic mass is 9.90. The minimum Gasteiger partial charge on any atom is -0.396 e. The van der Waals surface area contributed by atoms with Crippen molar-refractivity contribution in [3.05, 3.63) is 24.0 Å². The smallest absolute Gasteiger partial charge is 0.0985 e. The van der Waals surface area contributed by atoms with Gasteiger partial charge in [0.05, 0.1) is 17.2 Å². The van der Waals surface area contributed by atoms with Gasteiger partial charge in [0.2, 0.25) is 0 Å². The second-order valence-electron chi connectivity index (χ2n) is 5.03. The first kappa shape index (κ1) is 17.4. The van der Waals surface area contributed by atoms with E-state index in [1.165, 1.54) is 0 Å². The molecule has 0 aliphatic carbocycles. The van der Waals surface area contributed by atoms with Gasteiger partial charge < -0.3 is 16.5 Å². The average Bonchev–Trinajstić information content (AvgIpc) is 2.40. The lowest BCUT2D eigenvalue weighted by Gasteiger charge is -2.16. The zero-order chi connectivity index (χ0) is 14.8. The van der Waals surface area contributed by atoms with Crippen LogP contribution in [-0.2, 0) is 0 Å². The molecule has 0 rings (SSSR count). The Morgan fingerprint density at radius 1 is 1.47 bits per heavy atom. The molecule has 108 valence electrons. The van der Waals surface area contributed by atoms with Crippen LogP contribution in [0.25, 0.3) is 0 Å². The van der Waals surface area contributed by atoms with E-state index in [4.69, 9.17) is 11.1 Å². The van der Waals surface area contributed by atoms with Gasteiger partial charge in [0, 0.05) is 13.3 Å². The van der Waals surface area contributed by atoms with Gasteiger partial charge in [-0.05, 0) is 38.0 Å². The molecule has 0 aliphatic rings. The van der Waals surface area contributed by atoms with Crippen LogP contribution in [0.2, 0.25) is 0 Å². The molecular formula is C15H28N4. The molecular weight excluding hydrogens is 236 g/mol. The van der Waals surface area contributed by atoms with Crippen LogP contribution in [0.1, 0.15) is 40.0 Å². The second-order valence-corrected chi connectivity index (χ2v) is 5.03. The zero-order valence-corrected chi connectivity index (χ0v) is 12.7. The van der Waals surface area contributed by atoms with Crippen molar-refractivity contribution in [2.24, 2.45) is 22.6 Å². The molecule has 0 fully saturated rings. The summed E-state index contributed by atoms with van der Waals surface area (Å²) in [7, 11) is 1.82. The molecule has 1 atom stereocenters. The highest BCUT2D eigenvalue weighted by Gasteiger charge is 2.10. The third-order valence-corrected chi connectivity index (χ3v) is 3.26. The SMILES string of the molecule is C=CC(CCCC(/N=C(\C)NC)=C(\N)C=N)C(C)C. The maximum atomic E-state index is 7.25. The number of allylic oxidation sites excluding steroid dienone is 3. The average molecular weight is 264 g/mol. The molecule has 0 aromatic heterocycles. The highest BCUT2D eigenvalue weighted by atomic mass is 15.0. The summed E-state index contributed by atoms with van der Waals surface area (Å²) in [5, 5.41) is 10.2. The van der Waals surface area contributed by atoms with Crippen molar-refractivity contribution in [1.82, 2.24) is 5.32 Å². The van der Waals surface area contributed by atoms with E-state index in [0.29, 0.717) is 17.5 Å². The van der Waals surface area contributed by atoms with Gasteiger partial charge in [-0.2, -0.15) is 0 Å². The van der Waals surface area contributed by atoms with Crippen LogP contribution in [0.5, 0.6) is 0 Å². The fourth-order valence-electron chi connectivity index (χ4n) is 1.83. The number of aliphatic imine (C=N–C) groups is 1. The summed E-state index contributed by atoms with van der Waals surface area (Å²) in [4.78, 5) is 4.42. The zero-order valence-electron chi connectivity index (χ0n) is 12.7. The van der Waals surface area contributed by atoms with E-state index >= 15 is 0 Å². The van der Waals surface area contributed by atoms with Crippen molar-refractivity contribution in [3.8, 4) is 0 Å². The Labute approximate surface area is 117 Å². The minimum atomic E-state index is 0.439. The van der Waals surface area contributed by atoms with Crippen LogP contribution < -0.4 is 11.1 Å². The van der Waals surface area contributed by atoms with Gasteiger partial charge in [0.15, 0.2) is 0 Å². The first-order chi connectivity index (χ1) is 8.96. The van der Waals surface area contributed by atoms with Crippen LogP contribution in [-0.4, -0.2) is 19.1 Å². The second kappa shape index (κ2) is 9.36. The number of hydrogen-bond acceptors (Lipinski definition) is 3. The normalized spacial score (nSPS) is 14.9. The fraction of sp³-hybridized carbons (Fsp3) is 0.600. The Morgan fingerprint density at radius 2 is 2.11 bits per heavy atom. The molecule has 0 radical (unpaired) electrons. The number of amidine groups is 1. The van der Waals surface area contributed by atoms with Gasteiger partial charge in [-0.3, -0.25) is 0 Å². The third-order valence-electron chi connectivity index (χ3n) is 3.26. The molecule has 19 heavy (non-hydrogen) atoms. The standard InChI is InChI=1S/C15H28N4/c1-6-13(11(2)3)8-7-9-15(14(17)10-16)19-12(4)18-5/h6,10-11,13,16H,1,7-9,17H2,2-5H3,(H,18,19)/b15-14+,16-10?. The summed E-state index contributed by atoms with van der Waals surface area (Å²) in [5.41, 5.74) is 7.04. The van der Waals surface area contributed by atoms with Gasteiger partial charge >= 0.3 is 0 Å². The Kier molecular flexibility index (Phi) is 8.58. The van der Waals surface area contributed by atoms with Crippen molar-refractivity contribution < 1.29 is 0 Å². The quantitative estimate of drug-likeness (QED) is 0.358. The topological polar surface area (TPSA) is 74.3 Å². The van der Waals surface area contributed by atoms with Gasteiger partial charge in [0.25, 0.3) is 0 Å². The van der Waals surface area contributed by atoms with Crippen molar-refractivity contribution in [1.29, 1.82) is 5.41 Å². The summed E-state index contributed by atoms with van der Waals surface area (Å²) >= 11 is 0. The largest absolute Gasteiger partial charge is 0.396 e. The molecule has 0 amide bonds. The Bertz CT molecular complexity index is 353. The predicted molar refractivity (Wildman–Crippen MR) is 84.5 cm³/mol. The summed E-state index contributed by atoms with van der Waals surface area (Å²) in [6.07, 6.45) is 6.05. The van der Waals surface area contributed by atoms with Gasteiger partial charge in [-0.1, -0.05) is 19.9 Å². The minimum absolute atomic E-state index is 0.439. The monoisotopic (exact) mass is 264 g/mol. The van der Waals surface area contributed by atoms with E-state index in [-0.39, 0.29) is 0 Å². The Morgan fingerprint density at radius 3 is 2.53 bits per heavy atom. The number of nitrogens with two attached hydrogens (primary N) is 1. The molecule has 0 heterocycles. The molecule has 0 aromatic carbocycles. The maximum Gasteiger partial charge on any atom is 0.0985 e. The van der Waals surface area contributed by atoms with Crippen LogP contribution in [0.3, 0.4) is 0 Å². The fourth-order valence-corrected chi connectivity index (χ4v) is 1.83. The molecule has 0 spiro atoms. The molecule has 0 aromatic rings. The summed E-state index contributed by atoms with van der Waals surface area (Å²) in [6.45, 7) is 10.2. The Balaban J connectivity index is 4.62. The van der Waals surface area contributed by atoms with E-state index in [0.717, 1.165) is 37.0 Å². The Hall–Kier alpha value is -1.58. The molecule has 0 aliphatic heterocycles. The van der Waals surface area contributed by atoms with Crippen molar-refractivity contribution in [3.63, 3.8) is 0 Å². The first-order valence-corrected chi connectivity index (χ1v) is 6.80. The summed E-state index contributed by atoms with van der Waals surface area (Å²) in [6, 6.07) is 0. The van der Waals surface area contributed by atoms with Crippen LogP contribution >= 0.6 is 0 Å². The molecule has 4 nitrogen and oxygen atoms in total. The third kappa shape index (κ3) is 6.79. The van der Waals surface area contributed by atoms with Crippen LogP contribution in [0.15, 0.2) is 29.0 Å². The lowest BCUT2D eigenvalue weighted by molar-refractivity contribution is 0.425. The van der Waals surface area contributed by atoms with Crippen LogP contribution in [0.4, 0.5) is 0 Å². The van der Waals surface area contributed by atoms with Crippen molar-refractivity contribution in [2.45, 2.75) is 40.0 Å². The molecule has 4 heteroatoms. The summed E-state index contributed by atoms with van der Waals surface area (Å²) < 4.78 is 0. The lowest BCUT2D eigenvalue weighted by Crippen LogP contribution is -2.15. The molecule has 0 saturated carbocycles. The van der Waals surface area contributed by atoms with E-state index in [9.17, 15) is 0 Å². The van der Waals surface area contributed by atoms with E-state index in [1.54, 1.807) is 0 Å². The van der Waals surface area contributed by atoms with Gasteiger partial charge in [-0.25, -0.2) is 4.99 Å². The van der Waals surface area contributed by atoms with E-state index < -0.39 is 0 Å². The van der Waals surface area contributed by atoms with Crippen molar-refractivity contribution >= 4 is 12.1 Å². The maximum absolute atomic E-state index is 7.25. The van der Waals surface area contributed by atoms with Gasteiger partial charge in [0.1, 0.15) is 0 Å².